The lowest BCUT2D eigenvalue weighted by Gasteiger charge is -2.33. The number of aryl methyl sites for hydroxylation is 1. The van der Waals surface area contributed by atoms with Crippen molar-refractivity contribution in [3.63, 3.8) is 0 Å². The van der Waals surface area contributed by atoms with Gasteiger partial charge in [0.05, 0.1) is 13.2 Å². The number of amides is 1. The lowest BCUT2D eigenvalue weighted by atomic mass is 10.0. The van der Waals surface area contributed by atoms with Gasteiger partial charge in [0.15, 0.2) is 18.0 Å². The third-order valence-corrected chi connectivity index (χ3v) is 8.31. The number of rotatable bonds is 17. The first-order valence-corrected chi connectivity index (χ1v) is 16.3. The fourth-order valence-electron chi connectivity index (χ4n) is 6.10. The summed E-state index contributed by atoms with van der Waals surface area (Å²) in [4.78, 5) is 15.3. The van der Waals surface area contributed by atoms with E-state index < -0.39 is 36.0 Å². The van der Waals surface area contributed by atoms with Crippen molar-refractivity contribution in [2.75, 3.05) is 51.4 Å². The predicted molar refractivity (Wildman–Crippen MR) is 163 cm³/mol. The number of benzene rings is 1. The molecule has 9 nitrogen and oxygen atoms in total. The maximum Gasteiger partial charge on any atom is 0.412 e. The van der Waals surface area contributed by atoms with Crippen LogP contribution in [0.25, 0.3) is 0 Å². The first-order valence-electron chi connectivity index (χ1n) is 16.3. The van der Waals surface area contributed by atoms with Crippen molar-refractivity contribution in [3.8, 4) is 0 Å². The third kappa shape index (κ3) is 9.89. The minimum absolute atomic E-state index is 0.220. The van der Waals surface area contributed by atoms with E-state index in [2.05, 4.69) is 17.1 Å². The van der Waals surface area contributed by atoms with Gasteiger partial charge in [-0.1, -0.05) is 82.4 Å². The Kier molecular flexibility index (Phi) is 12.9. The number of hydrogen-bond donors (Lipinski definition) is 1. The molecule has 3 aliphatic rings. The molecular weight excluding hydrogens is 536 g/mol. The van der Waals surface area contributed by atoms with Gasteiger partial charge < -0.3 is 28.4 Å². The highest BCUT2D eigenvalue weighted by atomic mass is 16.9. The molecule has 4 atom stereocenters. The summed E-state index contributed by atoms with van der Waals surface area (Å²) in [5.41, 5.74) is 1.79. The zero-order valence-electron chi connectivity index (χ0n) is 26.4. The van der Waals surface area contributed by atoms with Crippen molar-refractivity contribution >= 4 is 11.8 Å². The molecule has 0 aromatic heterocycles. The molecule has 3 aliphatic heterocycles. The van der Waals surface area contributed by atoms with Gasteiger partial charge in [-0.25, -0.2) is 4.79 Å². The van der Waals surface area contributed by atoms with Crippen LogP contribution >= 0.6 is 0 Å². The highest BCUT2D eigenvalue weighted by Gasteiger charge is 2.66. The van der Waals surface area contributed by atoms with Crippen LogP contribution in [0.5, 0.6) is 0 Å². The van der Waals surface area contributed by atoms with Crippen molar-refractivity contribution in [3.05, 3.63) is 29.8 Å². The standard InChI is InChI=1S/C33H54N2O7/c1-5-6-7-8-9-10-11-12-13-14-21-38-25-33-30(41-32(3,4)42-33)29(28(40-33)24-35-19-22-37-23-20-35)39-31(36)34-27-17-15-26(2)16-18-27/h15-18,28-30H,5-14,19-25H2,1-4H3,(H,34,36). The molecule has 9 heteroatoms. The van der Waals surface area contributed by atoms with Crippen molar-refractivity contribution in [1.29, 1.82) is 0 Å². The van der Waals surface area contributed by atoms with E-state index in [1.807, 2.05) is 45.0 Å². The Morgan fingerprint density at radius 3 is 2.26 bits per heavy atom. The summed E-state index contributed by atoms with van der Waals surface area (Å²) in [7, 11) is 0. The quantitative estimate of drug-likeness (QED) is 0.208. The average Bonchev–Trinajstić information content (AvgIpc) is 3.37. The van der Waals surface area contributed by atoms with Crippen LogP contribution in [-0.2, 0) is 28.4 Å². The zero-order chi connectivity index (χ0) is 29.8. The Bertz CT molecular complexity index is 937. The van der Waals surface area contributed by atoms with Crippen LogP contribution in [0.3, 0.4) is 0 Å². The second-order valence-electron chi connectivity index (χ2n) is 12.5. The Morgan fingerprint density at radius 2 is 1.60 bits per heavy atom. The van der Waals surface area contributed by atoms with E-state index in [0.29, 0.717) is 32.1 Å². The molecule has 3 fully saturated rings. The van der Waals surface area contributed by atoms with E-state index in [9.17, 15) is 4.79 Å². The highest BCUT2D eigenvalue weighted by Crippen LogP contribution is 2.47. The van der Waals surface area contributed by atoms with Crippen molar-refractivity contribution < 1.29 is 33.2 Å². The minimum Gasteiger partial charge on any atom is -0.440 e. The number of fused-ring (bicyclic) bond motifs is 1. The Balaban J connectivity index is 1.32. The average molecular weight is 591 g/mol. The van der Waals surface area contributed by atoms with E-state index in [-0.39, 0.29) is 6.61 Å². The van der Waals surface area contributed by atoms with Crippen LogP contribution in [-0.4, -0.2) is 86.9 Å². The molecule has 4 unspecified atom stereocenters. The fraction of sp³-hybridized carbons (Fsp3) is 0.788. The van der Waals surface area contributed by atoms with Gasteiger partial charge in [0.1, 0.15) is 12.7 Å². The van der Waals surface area contributed by atoms with E-state index in [1.54, 1.807) is 0 Å². The number of hydrogen-bond acceptors (Lipinski definition) is 8. The van der Waals surface area contributed by atoms with Crippen molar-refractivity contribution in [2.45, 2.75) is 122 Å². The Labute approximate surface area is 252 Å². The summed E-state index contributed by atoms with van der Waals surface area (Å²) in [6, 6.07) is 7.61. The van der Waals surface area contributed by atoms with Gasteiger partial charge in [0.2, 0.25) is 5.79 Å². The molecule has 1 aromatic rings. The van der Waals surface area contributed by atoms with Crippen molar-refractivity contribution in [1.82, 2.24) is 4.90 Å². The fourth-order valence-corrected chi connectivity index (χ4v) is 6.10. The molecule has 1 N–H and O–H groups in total. The van der Waals surface area contributed by atoms with Crippen LogP contribution in [0.2, 0.25) is 0 Å². The number of morpholine rings is 1. The number of carbonyl (C=O) groups excluding carboxylic acids is 1. The van der Waals surface area contributed by atoms with E-state index in [1.165, 1.54) is 51.4 Å². The molecule has 4 rings (SSSR count). The molecule has 3 heterocycles. The van der Waals surface area contributed by atoms with Gasteiger partial charge in [-0.3, -0.25) is 10.2 Å². The Morgan fingerprint density at radius 1 is 0.952 bits per heavy atom. The normalized spacial score (nSPS) is 27.2. The lowest BCUT2D eigenvalue weighted by molar-refractivity contribution is -0.279. The SMILES string of the molecule is CCCCCCCCCCCCOCC12OC(CN3CCOCC3)C(OC(=O)Nc3ccc(C)cc3)C1OC(C)(C)O2. The summed E-state index contributed by atoms with van der Waals surface area (Å²) >= 11 is 0. The number of carbonyl (C=O) groups is 1. The van der Waals surface area contributed by atoms with Gasteiger partial charge in [-0.05, 0) is 39.3 Å². The molecule has 0 saturated carbocycles. The molecule has 0 radical (unpaired) electrons. The maximum atomic E-state index is 13.1. The predicted octanol–water partition coefficient (Wildman–Crippen LogP) is 6.43. The van der Waals surface area contributed by atoms with Crippen LogP contribution in [0.4, 0.5) is 10.5 Å². The van der Waals surface area contributed by atoms with Gasteiger partial charge in [0.25, 0.3) is 0 Å². The molecule has 1 aromatic carbocycles. The summed E-state index contributed by atoms with van der Waals surface area (Å²) in [5.74, 6) is -2.04. The number of unbranched alkanes of at least 4 members (excludes halogenated alkanes) is 9. The smallest absolute Gasteiger partial charge is 0.412 e. The maximum absolute atomic E-state index is 13.1. The number of anilines is 1. The second kappa shape index (κ2) is 16.4. The number of nitrogens with one attached hydrogen (secondary N) is 1. The summed E-state index contributed by atoms with van der Waals surface area (Å²) < 4.78 is 37.1. The van der Waals surface area contributed by atoms with Gasteiger partial charge >= 0.3 is 6.09 Å². The molecule has 1 amide bonds. The molecule has 3 saturated heterocycles. The third-order valence-electron chi connectivity index (χ3n) is 8.31. The van der Waals surface area contributed by atoms with Crippen LogP contribution in [0, 0.1) is 6.92 Å². The molecule has 0 aliphatic carbocycles. The van der Waals surface area contributed by atoms with Crippen molar-refractivity contribution in [2.24, 2.45) is 0 Å². The van der Waals surface area contributed by atoms with E-state index >= 15 is 0 Å². The van der Waals surface area contributed by atoms with Crippen LogP contribution < -0.4 is 5.32 Å². The monoisotopic (exact) mass is 590 g/mol. The highest BCUT2D eigenvalue weighted by molar-refractivity contribution is 5.84. The van der Waals surface area contributed by atoms with Crippen LogP contribution in [0.1, 0.15) is 90.5 Å². The lowest BCUT2D eigenvalue weighted by Crippen LogP contribution is -2.47. The number of ether oxygens (including phenoxy) is 6. The first-order chi connectivity index (χ1) is 20.3. The molecular formula is C33H54N2O7. The molecule has 0 spiro atoms. The molecule has 42 heavy (non-hydrogen) atoms. The molecule has 0 bridgehead atoms. The summed E-state index contributed by atoms with van der Waals surface area (Å²) in [5, 5.41) is 2.85. The molecule has 238 valence electrons. The summed E-state index contributed by atoms with van der Waals surface area (Å²) in [6.45, 7) is 12.3. The zero-order valence-corrected chi connectivity index (χ0v) is 26.4. The van der Waals surface area contributed by atoms with Gasteiger partial charge in [-0.2, -0.15) is 0 Å². The van der Waals surface area contributed by atoms with Crippen LogP contribution in [0.15, 0.2) is 24.3 Å². The second-order valence-corrected chi connectivity index (χ2v) is 12.5. The van der Waals surface area contributed by atoms with Gasteiger partial charge in [0, 0.05) is 31.9 Å². The van der Waals surface area contributed by atoms with E-state index in [4.69, 9.17) is 28.4 Å². The summed E-state index contributed by atoms with van der Waals surface area (Å²) in [6.07, 6.45) is 10.5. The number of nitrogens with zero attached hydrogens (tertiary/aromatic N) is 1. The Hall–Kier alpha value is -1.75. The first kappa shape index (κ1) is 33.1. The minimum atomic E-state index is -1.15. The largest absolute Gasteiger partial charge is 0.440 e. The topological polar surface area (TPSA) is 87.7 Å². The van der Waals surface area contributed by atoms with E-state index in [0.717, 1.165) is 31.5 Å². The van der Waals surface area contributed by atoms with Gasteiger partial charge in [-0.15, -0.1) is 0 Å².